The van der Waals surface area contributed by atoms with E-state index in [-0.39, 0.29) is 30.7 Å². The minimum absolute atomic E-state index is 0.186. The van der Waals surface area contributed by atoms with Crippen molar-refractivity contribution in [1.29, 1.82) is 0 Å². The number of aliphatic hydroxyl groups excluding tert-OH is 1. The molecule has 6 heteroatoms. The first-order valence-corrected chi connectivity index (χ1v) is 7.14. The highest BCUT2D eigenvalue weighted by Crippen LogP contribution is 2.14. The summed E-state index contributed by atoms with van der Waals surface area (Å²) in [6.07, 6.45) is 1.55. The van der Waals surface area contributed by atoms with Crippen LogP contribution < -0.4 is 5.32 Å². The van der Waals surface area contributed by atoms with Gasteiger partial charge in [0.15, 0.2) is 0 Å². The number of carbonyl (C=O) groups excluding carboxylic acids is 1. The van der Waals surface area contributed by atoms with Crippen LogP contribution in [0.4, 0.5) is 4.39 Å². The zero-order valence-corrected chi connectivity index (χ0v) is 12.9. The Morgan fingerprint density at radius 1 is 1.45 bits per heavy atom. The summed E-state index contributed by atoms with van der Waals surface area (Å²) in [6, 6.07) is 4.60. The Kier molecular flexibility index (Phi) is 4.92. The van der Waals surface area contributed by atoms with Crippen LogP contribution in [0.3, 0.4) is 0 Å². The SMILES string of the molecule is Cc1c(C(=O)NCc2ccc(F)c(CO)c2)cnn1C(C)C. The molecule has 0 aliphatic carbocycles. The lowest BCUT2D eigenvalue weighted by molar-refractivity contribution is 0.0950. The van der Waals surface area contributed by atoms with Gasteiger partial charge < -0.3 is 10.4 Å². The molecule has 1 heterocycles. The number of benzene rings is 1. The number of aliphatic hydroxyl groups is 1. The van der Waals surface area contributed by atoms with E-state index >= 15 is 0 Å². The summed E-state index contributed by atoms with van der Waals surface area (Å²) in [5, 5.41) is 16.0. The van der Waals surface area contributed by atoms with Crippen LogP contribution in [0.15, 0.2) is 24.4 Å². The van der Waals surface area contributed by atoms with Crippen molar-refractivity contribution in [2.24, 2.45) is 0 Å². The van der Waals surface area contributed by atoms with E-state index in [9.17, 15) is 9.18 Å². The van der Waals surface area contributed by atoms with Crippen molar-refractivity contribution in [2.45, 2.75) is 40.0 Å². The predicted octanol–water partition coefficient (Wildman–Crippen LogP) is 2.33. The average Bonchev–Trinajstić information content (AvgIpc) is 2.88. The lowest BCUT2D eigenvalue weighted by atomic mass is 10.1. The van der Waals surface area contributed by atoms with Crippen LogP contribution in [0.5, 0.6) is 0 Å². The molecule has 1 aromatic carbocycles. The molecule has 2 N–H and O–H groups in total. The van der Waals surface area contributed by atoms with E-state index in [2.05, 4.69) is 10.4 Å². The number of hydrogen-bond acceptors (Lipinski definition) is 3. The number of nitrogens with one attached hydrogen (secondary N) is 1. The second-order valence-electron chi connectivity index (χ2n) is 5.45. The Hall–Kier alpha value is -2.21. The summed E-state index contributed by atoms with van der Waals surface area (Å²) >= 11 is 0. The van der Waals surface area contributed by atoms with E-state index in [1.165, 1.54) is 6.07 Å². The van der Waals surface area contributed by atoms with Crippen molar-refractivity contribution < 1.29 is 14.3 Å². The number of nitrogens with zero attached hydrogens (tertiary/aromatic N) is 2. The Morgan fingerprint density at radius 3 is 2.77 bits per heavy atom. The topological polar surface area (TPSA) is 67.2 Å². The van der Waals surface area contributed by atoms with Crippen LogP contribution in [0.2, 0.25) is 0 Å². The molecule has 0 fully saturated rings. The molecule has 0 radical (unpaired) electrons. The van der Waals surface area contributed by atoms with Gasteiger partial charge in [-0.15, -0.1) is 0 Å². The molecule has 0 aliphatic heterocycles. The number of carbonyl (C=O) groups is 1. The molecular formula is C16H20FN3O2. The van der Waals surface area contributed by atoms with Crippen molar-refractivity contribution >= 4 is 5.91 Å². The first-order valence-electron chi connectivity index (χ1n) is 7.14. The van der Waals surface area contributed by atoms with Gasteiger partial charge in [0.05, 0.1) is 18.4 Å². The molecule has 118 valence electrons. The molecule has 2 rings (SSSR count). The van der Waals surface area contributed by atoms with Gasteiger partial charge in [0.1, 0.15) is 5.82 Å². The van der Waals surface area contributed by atoms with Gasteiger partial charge in [-0.1, -0.05) is 6.07 Å². The summed E-state index contributed by atoms with van der Waals surface area (Å²) in [6.45, 7) is 5.74. The zero-order chi connectivity index (χ0) is 16.3. The first-order chi connectivity index (χ1) is 10.4. The fourth-order valence-corrected chi connectivity index (χ4v) is 2.30. The maximum Gasteiger partial charge on any atom is 0.255 e. The standard InChI is InChI=1S/C16H20FN3O2/c1-10(2)20-11(3)14(8-19-20)16(22)18-7-12-4-5-15(17)13(6-12)9-21/h4-6,8,10,21H,7,9H2,1-3H3,(H,18,22). The van der Waals surface area contributed by atoms with Crippen molar-refractivity contribution in [3.8, 4) is 0 Å². The van der Waals surface area contributed by atoms with Crippen molar-refractivity contribution in [1.82, 2.24) is 15.1 Å². The average molecular weight is 305 g/mol. The lowest BCUT2D eigenvalue weighted by Crippen LogP contribution is -2.23. The number of hydrogen-bond donors (Lipinski definition) is 2. The molecule has 1 aromatic heterocycles. The Balaban J connectivity index is 2.07. The Bertz CT molecular complexity index is 680. The molecule has 0 saturated heterocycles. The van der Waals surface area contributed by atoms with Gasteiger partial charge in [-0.3, -0.25) is 9.48 Å². The van der Waals surface area contributed by atoms with E-state index in [4.69, 9.17) is 5.11 Å². The number of halogens is 1. The van der Waals surface area contributed by atoms with Crippen LogP contribution in [-0.2, 0) is 13.2 Å². The van der Waals surface area contributed by atoms with Crippen LogP contribution in [0.1, 0.15) is 47.1 Å². The summed E-state index contributed by atoms with van der Waals surface area (Å²) in [5.74, 6) is -0.675. The van der Waals surface area contributed by atoms with Gasteiger partial charge in [0.2, 0.25) is 0 Å². The number of amides is 1. The van der Waals surface area contributed by atoms with Crippen LogP contribution >= 0.6 is 0 Å². The van der Waals surface area contributed by atoms with Gasteiger partial charge in [-0.25, -0.2) is 4.39 Å². The largest absolute Gasteiger partial charge is 0.392 e. The molecule has 0 bridgehead atoms. The van der Waals surface area contributed by atoms with E-state index < -0.39 is 5.82 Å². The zero-order valence-electron chi connectivity index (χ0n) is 12.9. The van der Waals surface area contributed by atoms with E-state index in [0.29, 0.717) is 5.56 Å². The van der Waals surface area contributed by atoms with Crippen LogP contribution in [-0.4, -0.2) is 20.8 Å². The number of rotatable bonds is 5. The van der Waals surface area contributed by atoms with Crippen LogP contribution in [0, 0.1) is 12.7 Å². The van der Waals surface area contributed by atoms with Gasteiger partial charge in [-0.2, -0.15) is 5.10 Å². The summed E-state index contributed by atoms with van der Waals surface area (Å²) in [5.41, 5.74) is 2.28. The molecule has 5 nitrogen and oxygen atoms in total. The quantitative estimate of drug-likeness (QED) is 0.891. The van der Waals surface area contributed by atoms with Gasteiger partial charge in [0, 0.05) is 23.8 Å². The molecule has 0 atom stereocenters. The summed E-state index contributed by atoms with van der Waals surface area (Å²) in [7, 11) is 0. The number of aromatic nitrogens is 2. The molecule has 22 heavy (non-hydrogen) atoms. The predicted molar refractivity (Wildman–Crippen MR) is 80.8 cm³/mol. The minimum Gasteiger partial charge on any atom is -0.392 e. The highest BCUT2D eigenvalue weighted by molar-refractivity contribution is 5.95. The van der Waals surface area contributed by atoms with E-state index in [0.717, 1.165) is 11.3 Å². The molecule has 2 aromatic rings. The van der Waals surface area contributed by atoms with Crippen LogP contribution in [0.25, 0.3) is 0 Å². The summed E-state index contributed by atoms with van der Waals surface area (Å²) in [4.78, 5) is 12.2. The van der Waals surface area contributed by atoms with E-state index in [1.54, 1.807) is 23.0 Å². The normalized spacial score (nSPS) is 11.0. The third-order valence-electron chi connectivity index (χ3n) is 3.51. The van der Waals surface area contributed by atoms with Gasteiger partial charge >= 0.3 is 0 Å². The highest BCUT2D eigenvalue weighted by Gasteiger charge is 2.15. The Morgan fingerprint density at radius 2 is 2.18 bits per heavy atom. The second kappa shape index (κ2) is 6.70. The maximum atomic E-state index is 13.3. The minimum atomic E-state index is -0.452. The third-order valence-corrected chi connectivity index (χ3v) is 3.51. The highest BCUT2D eigenvalue weighted by atomic mass is 19.1. The molecule has 0 aliphatic rings. The molecule has 0 unspecified atom stereocenters. The second-order valence-corrected chi connectivity index (χ2v) is 5.45. The fourth-order valence-electron chi connectivity index (χ4n) is 2.30. The third kappa shape index (κ3) is 3.33. The fraction of sp³-hybridized carbons (Fsp3) is 0.375. The van der Waals surface area contributed by atoms with E-state index in [1.807, 2.05) is 20.8 Å². The molecule has 0 spiro atoms. The smallest absolute Gasteiger partial charge is 0.255 e. The van der Waals surface area contributed by atoms with Gasteiger partial charge in [0.25, 0.3) is 5.91 Å². The van der Waals surface area contributed by atoms with Crippen molar-refractivity contribution in [2.75, 3.05) is 0 Å². The molecule has 1 amide bonds. The molecule has 0 saturated carbocycles. The van der Waals surface area contributed by atoms with Crippen molar-refractivity contribution in [3.63, 3.8) is 0 Å². The lowest BCUT2D eigenvalue weighted by Gasteiger charge is -2.09. The summed E-state index contributed by atoms with van der Waals surface area (Å²) < 4.78 is 15.1. The van der Waals surface area contributed by atoms with Crippen molar-refractivity contribution in [3.05, 3.63) is 52.6 Å². The Labute approximate surface area is 128 Å². The first kappa shape index (κ1) is 16.2. The van der Waals surface area contributed by atoms with Gasteiger partial charge in [-0.05, 0) is 38.5 Å². The molecular weight excluding hydrogens is 285 g/mol. The maximum absolute atomic E-state index is 13.3. The monoisotopic (exact) mass is 305 g/mol.